The van der Waals surface area contributed by atoms with E-state index >= 15 is 0 Å². The van der Waals surface area contributed by atoms with Crippen LogP contribution in [0.2, 0.25) is 0 Å². The first-order chi connectivity index (χ1) is 11.6. The van der Waals surface area contributed by atoms with Crippen molar-refractivity contribution in [3.63, 3.8) is 0 Å². The number of para-hydroxylation sites is 1. The molecular weight excluding hydrogens is 322 g/mol. The Hall–Kier alpha value is -2.66. The number of H-pyrrole nitrogens is 1. The van der Waals surface area contributed by atoms with Crippen molar-refractivity contribution < 1.29 is 14.3 Å². The number of aromatic nitrogens is 1. The monoisotopic (exact) mass is 339 g/mol. The molecule has 0 unspecified atom stereocenters. The lowest BCUT2D eigenvalue weighted by atomic mass is 10.0. The predicted octanol–water partition coefficient (Wildman–Crippen LogP) is 4.37. The number of carbonyl (C=O) groups is 2. The molecule has 0 fully saturated rings. The molecule has 0 saturated heterocycles. The predicted molar refractivity (Wildman–Crippen MR) is 96.3 cm³/mol. The number of hydrogen-bond acceptors (Lipinski definition) is 4. The van der Waals surface area contributed by atoms with Gasteiger partial charge in [0.05, 0.1) is 0 Å². The number of ether oxygens (including phenoxy) is 1. The van der Waals surface area contributed by atoms with Crippen molar-refractivity contribution in [1.82, 2.24) is 4.98 Å². The van der Waals surface area contributed by atoms with E-state index in [1.165, 1.54) is 17.4 Å². The molecule has 3 rings (SSSR count). The van der Waals surface area contributed by atoms with Crippen LogP contribution in [-0.4, -0.2) is 22.8 Å². The number of nitrogens with one attached hydrogen (secondary N) is 1. The van der Waals surface area contributed by atoms with Crippen molar-refractivity contribution in [2.24, 2.45) is 0 Å². The van der Waals surface area contributed by atoms with Gasteiger partial charge in [-0.2, -0.15) is 0 Å². The Labute approximate surface area is 143 Å². The molecule has 24 heavy (non-hydrogen) atoms. The third kappa shape index (κ3) is 3.31. The molecule has 1 aromatic carbocycles. The topological polar surface area (TPSA) is 59.2 Å². The molecule has 5 heteroatoms. The number of aryl methyl sites for hydroxylation is 1. The molecule has 122 valence electrons. The number of thiophene rings is 1. The Balaban J connectivity index is 1.74. The van der Waals surface area contributed by atoms with Crippen LogP contribution in [0.25, 0.3) is 17.0 Å². The van der Waals surface area contributed by atoms with Gasteiger partial charge >= 0.3 is 5.97 Å². The maximum atomic E-state index is 12.7. The van der Waals surface area contributed by atoms with E-state index in [9.17, 15) is 9.59 Å². The summed E-state index contributed by atoms with van der Waals surface area (Å²) in [6, 6.07) is 11.4. The summed E-state index contributed by atoms with van der Waals surface area (Å²) in [5.74, 6) is -0.732. The van der Waals surface area contributed by atoms with Gasteiger partial charge in [0.15, 0.2) is 6.10 Å². The van der Waals surface area contributed by atoms with Crippen LogP contribution in [0.3, 0.4) is 0 Å². The van der Waals surface area contributed by atoms with Gasteiger partial charge in [-0.15, -0.1) is 11.3 Å². The largest absolute Gasteiger partial charge is 0.451 e. The lowest BCUT2D eigenvalue weighted by Crippen LogP contribution is -2.24. The fraction of sp³-hybridized carbons (Fsp3) is 0.158. The van der Waals surface area contributed by atoms with Gasteiger partial charge in [0.25, 0.3) is 0 Å². The first-order valence-electron chi connectivity index (χ1n) is 7.60. The lowest BCUT2D eigenvalue weighted by molar-refractivity contribution is -0.140. The van der Waals surface area contributed by atoms with Crippen molar-refractivity contribution in [3.05, 3.63) is 64.0 Å². The zero-order chi connectivity index (χ0) is 17.1. The van der Waals surface area contributed by atoms with Crippen LogP contribution in [0.5, 0.6) is 0 Å². The molecule has 1 atom stereocenters. The van der Waals surface area contributed by atoms with Gasteiger partial charge in [-0.3, -0.25) is 4.79 Å². The summed E-state index contributed by atoms with van der Waals surface area (Å²) in [6.45, 7) is 3.44. The van der Waals surface area contributed by atoms with Crippen molar-refractivity contribution in [2.75, 3.05) is 0 Å². The first kappa shape index (κ1) is 16.2. The third-order valence-electron chi connectivity index (χ3n) is 3.73. The Kier molecular flexibility index (Phi) is 4.62. The van der Waals surface area contributed by atoms with Gasteiger partial charge < -0.3 is 9.72 Å². The molecule has 0 spiro atoms. The van der Waals surface area contributed by atoms with E-state index in [1.807, 2.05) is 48.7 Å². The highest BCUT2D eigenvalue weighted by Crippen LogP contribution is 2.23. The van der Waals surface area contributed by atoms with E-state index in [-0.39, 0.29) is 5.78 Å². The van der Waals surface area contributed by atoms with Gasteiger partial charge in [0, 0.05) is 33.1 Å². The van der Waals surface area contributed by atoms with E-state index in [0.717, 1.165) is 21.5 Å². The SMILES string of the molecule is Cc1[nH]c2ccccc2c1C(=O)[C@@H](C)OC(=O)/C=C/c1cccs1. The lowest BCUT2D eigenvalue weighted by Gasteiger charge is -2.11. The maximum Gasteiger partial charge on any atom is 0.331 e. The summed E-state index contributed by atoms with van der Waals surface area (Å²) in [7, 11) is 0. The molecule has 0 aliphatic heterocycles. The minimum atomic E-state index is -0.844. The Morgan fingerprint density at radius 1 is 1.21 bits per heavy atom. The summed E-state index contributed by atoms with van der Waals surface area (Å²) >= 11 is 1.53. The molecule has 2 heterocycles. The van der Waals surface area contributed by atoms with Crippen molar-refractivity contribution in [2.45, 2.75) is 20.0 Å². The van der Waals surface area contributed by atoms with Crippen molar-refractivity contribution in [1.29, 1.82) is 0 Å². The quantitative estimate of drug-likeness (QED) is 0.427. The molecular formula is C19H17NO3S. The van der Waals surface area contributed by atoms with Gasteiger partial charge in [0.2, 0.25) is 5.78 Å². The van der Waals surface area contributed by atoms with Gasteiger partial charge in [-0.25, -0.2) is 4.79 Å². The van der Waals surface area contributed by atoms with Gasteiger partial charge in [-0.05, 0) is 37.4 Å². The Morgan fingerprint density at radius 2 is 2.00 bits per heavy atom. The van der Waals surface area contributed by atoms with Crippen LogP contribution in [0.1, 0.15) is 27.9 Å². The van der Waals surface area contributed by atoms with Crippen LogP contribution in [0.15, 0.2) is 47.9 Å². The van der Waals surface area contributed by atoms with Gasteiger partial charge in [-0.1, -0.05) is 24.3 Å². The van der Waals surface area contributed by atoms with Crippen molar-refractivity contribution in [3.8, 4) is 0 Å². The number of rotatable bonds is 5. The minimum Gasteiger partial charge on any atom is -0.451 e. The summed E-state index contributed by atoms with van der Waals surface area (Å²) in [6.07, 6.45) is 2.18. The normalized spacial score (nSPS) is 12.6. The van der Waals surface area contributed by atoms with Gasteiger partial charge in [0.1, 0.15) is 0 Å². The number of carbonyl (C=O) groups excluding carboxylic acids is 2. The zero-order valence-corrected chi connectivity index (χ0v) is 14.2. The fourth-order valence-corrected chi connectivity index (χ4v) is 3.22. The van der Waals surface area contributed by atoms with Crippen LogP contribution < -0.4 is 0 Å². The average molecular weight is 339 g/mol. The second kappa shape index (κ2) is 6.84. The first-order valence-corrected chi connectivity index (χ1v) is 8.48. The smallest absolute Gasteiger partial charge is 0.331 e. The second-order valence-corrected chi connectivity index (χ2v) is 6.44. The second-order valence-electron chi connectivity index (χ2n) is 5.46. The maximum absolute atomic E-state index is 12.7. The Bertz CT molecular complexity index is 906. The molecule has 0 saturated carbocycles. The molecule has 0 aliphatic carbocycles. The summed E-state index contributed by atoms with van der Waals surface area (Å²) in [5.41, 5.74) is 2.25. The molecule has 0 amide bonds. The van der Waals surface area contributed by atoms with Crippen LogP contribution in [-0.2, 0) is 9.53 Å². The standard InChI is InChI=1S/C19H17NO3S/c1-12-18(15-7-3-4-8-16(15)20-12)19(22)13(2)23-17(21)10-9-14-6-5-11-24-14/h3-11,13,20H,1-2H3/b10-9+/t13-/m1/s1. The molecule has 0 aliphatic rings. The molecule has 0 radical (unpaired) electrons. The Morgan fingerprint density at radius 3 is 2.75 bits per heavy atom. The van der Waals surface area contributed by atoms with E-state index < -0.39 is 12.1 Å². The number of benzene rings is 1. The molecule has 0 bridgehead atoms. The number of hydrogen-bond donors (Lipinski definition) is 1. The summed E-state index contributed by atoms with van der Waals surface area (Å²) in [5, 5.41) is 2.77. The van der Waals surface area contributed by atoms with Crippen LogP contribution in [0, 0.1) is 6.92 Å². The number of esters is 1. The van der Waals surface area contributed by atoms with E-state index in [0.29, 0.717) is 5.56 Å². The van der Waals surface area contributed by atoms with E-state index in [1.54, 1.807) is 13.0 Å². The summed E-state index contributed by atoms with van der Waals surface area (Å²) < 4.78 is 5.25. The highest BCUT2D eigenvalue weighted by molar-refractivity contribution is 7.10. The fourth-order valence-electron chi connectivity index (χ4n) is 2.60. The highest BCUT2D eigenvalue weighted by Gasteiger charge is 2.23. The third-order valence-corrected chi connectivity index (χ3v) is 4.57. The molecule has 4 nitrogen and oxygen atoms in total. The van der Waals surface area contributed by atoms with E-state index in [4.69, 9.17) is 4.74 Å². The highest BCUT2D eigenvalue weighted by atomic mass is 32.1. The minimum absolute atomic E-state index is 0.206. The molecule has 1 N–H and O–H groups in total. The number of aromatic amines is 1. The van der Waals surface area contributed by atoms with E-state index in [2.05, 4.69) is 4.98 Å². The number of Topliss-reactive ketones (excluding diaryl/α,β-unsaturated/α-hetero) is 1. The van der Waals surface area contributed by atoms with Crippen LogP contribution >= 0.6 is 11.3 Å². The number of ketones is 1. The zero-order valence-electron chi connectivity index (χ0n) is 13.4. The average Bonchev–Trinajstić information content (AvgIpc) is 3.18. The summed E-state index contributed by atoms with van der Waals surface area (Å²) in [4.78, 5) is 28.7. The molecule has 2 aromatic heterocycles. The number of fused-ring (bicyclic) bond motifs is 1. The molecule has 3 aromatic rings. The van der Waals surface area contributed by atoms with Crippen LogP contribution in [0.4, 0.5) is 0 Å². The van der Waals surface area contributed by atoms with Crippen molar-refractivity contribution >= 4 is 40.1 Å².